The normalized spacial score (nSPS) is 11.5. The second kappa shape index (κ2) is 18.7. The van der Waals surface area contributed by atoms with Crippen molar-refractivity contribution in [2.45, 2.75) is 100 Å². The molecular weight excluding hydrogens is 239 g/mol. The number of hydrogen-bond donors (Lipinski definition) is 0. The van der Waals surface area contributed by atoms with E-state index in [0.717, 1.165) is 0 Å². The molecule has 0 atom stereocenters. The molecule has 0 aliphatic heterocycles. The molecule has 0 radical (unpaired) electrons. The molecule has 0 aromatic heterocycles. The van der Waals surface area contributed by atoms with Crippen molar-refractivity contribution in [3.8, 4) is 0 Å². The maximum atomic E-state index is 2.42. The zero-order chi connectivity index (χ0) is 14.0. The Morgan fingerprint density at radius 1 is 0.579 bits per heavy atom. The molecule has 0 amide bonds. The van der Waals surface area contributed by atoms with Gasteiger partial charge in [0, 0.05) is 0 Å². The topological polar surface area (TPSA) is 0 Å². The Morgan fingerprint density at radius 3 is 1.47 bits per heavy atom. The van der Waals surface area contributed by atoms with Crippen molar-refractivity contribution >= 4 is 27.9 Å². The van der Waals surface area contributed by atoms with E-state index in [1.807, 2.05) is 0 Å². The van der Waals surface area contributed by atoms with Crippen LogP contribution in [-0.4, -0.2) is 27.9 Å². The number of allylic oxidation sites excluding steroid dienone is 2. The molecule has 0 saturated carbocycles. The standard InChI is InChI=1S/C18H35.Na/c1-3-5-7-9-11-13-15-17-18-16-14-12-10-8-6-4-2;/h17-18H,1,3-16H2,2H3;/b18-17-;. The molecule has 0 aliphatic rings. The van der Waals surface area contributed by atoms with Crippen LogP contribution in [0.4, 0.5) is 0 Å². The second-order valence-corrected chi connectivity index (χ2v) is 6.94. The summed E-state index contributed by atoms with van der Waals surface area (Å²) in [6, 6.07) is 0. The molecule has 0 unspecified atom stereocenters. The molecule has 0 N–H and O–H groups in total. The van der Waals surface area contributed by atoms with Crippen molar-refractivity contribution in [3.63, 3.8) is 0 Å². The molecule has 0 saturated heterocycles. The van der Waals surface area contributed by atoms with Crippen molar-refractivity contribution in [2.75, 3.05) is 0 Å². The van der Waals surface area contributed by atoms with E-state index in [1.165, 1.54) is 121 Å². The summed E-state index contributed by atoms with van der Waals surface area (Å²) in [4.78, 5) is 0. The van der Waals surface area contributed by atoms with Crippen molar-refractivity contribution in [1.82, 2.24) is 0 Å². The zero-order valence-corrected chi connectivity index (χ0v) is 15.8. The Morgan fingerprint density at radius 2 is 1.00 bits per heavy atom. The fourth-order valence-electron chi connectivity index (χ4n) is 2.50. The molecule has 19 heavy (non-hydrogen) atoms. The van der Waals surface area contributed by atoms with Crippen molar-refractivity contribution < 1.29 is 0 Å². The minimum absolute atomic E-state index is 1.31. The van der Waals surface area contributed by atoms with Gasteiger partial charge in [0.25, 0.3) is 0 Å². The summed E-state index contributed by atoms with van der Waals surface area (Å²) < 4.78 is 1.50. The maximum absolute atomic E-state index is 2.42. The van der Waals surface area contributed by atoms with Gasteiger partial charge >= 0.3 is 102 Å². The zero-order valence-electron chi connectivity index (χ0n) is 13.8. The van der Waals surface area contributed by atoms with E-state index in [2.05, 4.69) is 19.1 Å². The van der Waals surface area contributed by atoms with Crippen LogP contribution in [0.5, 0.6) is 0 Å². The molecule has 0 heterocycles. The Bertz CT molecular complexity index is 175. The van der Waals surface area contributed by atoms with Gasteiger partial charge in [-0.3, -0.25) is 0 Å². The SMILES string of the molecule is CCCCCCCC/C=C\CCCCCCC[CH2][Na]. The van der Waals surface area contributed by atoms with Gasteiger partial charge in [0.1, 0.15) is 0 Å². The number of unbranched alkanes of at least 4 members (excludes halogenated alkanes) is 12. The van der Waals surface area contributed by atoms with Crippen LogP contribution in [0, 0.1) is 0 Å². The van der Waals surface area contributed by atoms with E-state index in [9.17, 15) is 0 Å². The predicted molar refractivity (Wildman–Crippen MR) is 90.0 cm³/mol. The molecule has 0 nitrogen and oxygen atoms in total. The van der Waals surface area contributed by atoms with Crippen LogP contribution < -0.4 is 0 Å². The van der Waals surface area contributed by atoms with Gasteiger partial charge in [-0.25, -0.2) is 0 Å². The third-order valence-electron chi connectivity index (χ3n) is 3.87. The fraction of sp³-hybridized carbons (Fsp3) is 0.889. The van der Waals surface area contributed by atoms with E-state index in [0.29, 0.717) is 0 Å². The average molecular weight is 274 g/mol. The molecule has 108 valence electrons. The molecule has 0 aromatic carbocycles. The minimum atomic E-state index is 1.31. The van der Waals surface area contributed by atoms with E-state index >= 15 is 0 Å². The van der Waals surface area contributed by atoms with Gasteiger partial charge < -0.3 is 0 Å². The summed E-state index contributed by atoms with van der Waals surface area (Å²) in [6.45, 7) is 2.29. The van der Waals surface area contributed by atoms with Gasteiger partial charge in [-0.15, -0.1) is 0 Å². The van der Waals surface area contributed by atoms with E-state index < -0.39 is 0 Å². The van der Waals surface area contributed by atoms with Crippen LogP contribution in [0.1, 0.15) is 96.8 Å². The van der Waals surface area contributed by atoms with Gasteiger partial charge in [-0.2, -0.15) is 0 Å². The first-order valence-electron chi connectivity index (χ1n) is 9.06. The Labute approximate surface area is 140 Å². The van der Waals surface area contributed by atoms with Crippen LogP contribution in [0.15, 0.2) is 12.2 Å². The summed E-state index contributed by atoms with van der Waals surface area (Å²) in [5, 5.41) is 0. The van der Waals surface area contributed by atoms with Gasteiger partial charge in [0.2, 0.25) is 0 Å². The summed E-state index contributed by atoms with van der Waals surface area (Å²) in [5.41, 5.74) is 0. The first-order chi connectivity index (χ1) is 9.41. The molecule has 1 heteroatoms. The van der Waals surface area contributed by atoms with Crippen LogP contribution in [0.2, 0.25) is 3.67 Å². The first-order valence-corrected chi connectivity index (χ1v) is 10.5. The molecule has 0 bridgehead atoms. The molecule has 0 spiro atoms. The quantitative estimate of drug-likeness (QED) is 0.179. The van der Waals surface area contributed by atoms with Crippen molar-refractivity contribution in [1.29, 1.82) is 0 Å². The Hall–Kier alpha value is 0.740. The van der Waals surface area contributed by atoms with Crippen molar-refractivity contribution in [3.05, 3.63) is 12.2 Å². The molecule has 0 fully saturated rings. The van der Waals surface area contributed by atoms with Gasteiger partial charge in [0.15, 0.2) is 0 Å². The third-order valence-corrected chi connectivity index (χ3v) is 4.57. The van der Waals surface area contributed by atoms with Gasteiger partial charge in [-0.1, -0.05) is 39.0 Å². The molecule has 0 rings (SSSR count). The summed E-state index contributed by atoms with van der Waals surface area (Å²) >= 11 is 1.40. The van der Waals surface area contributed by atoms with E-state index in [1.54, 1.807) is 0 Å². The second-order valence-electron chi connectivity index (χ2n) is 5.94. The van der Waals surface area contributed by atoms with Gasteiger partial charge in [0.05, 0.1) is 0 Å². The van der Waals surface area contributed by atoms with E-state index in [4.69, 9.17) is 0 Å². The Balaban J connectivity index is 3.01. The third kappa shape index (κ3) is 18.7. The molecule has 0 aromatic rings. The van der Waals surface area contributed by atoms with Gasteiger partial charge in [-0.05, 0) is 0 Å². The van der Waals surface area contributed by atoms with Crippen LogP contribution in [0.3, 0.4) is 0 Å². The average Bonchev–Trinajstić information content (AvgIpc) is 2.43. The predicted octanol–water partition coefficient (Wildman–Crippen LogP) is 6.61. The monoisotopic (exact) mass is 274 g/mol. The van der Waals surface area contributed by atoms with Crippen LogP contribution in [0.25, 0.3) is 0 Å². The van der Waals surface area contributed by atoms with Crippen LogP contribution in [-0.2, 0) is 0 Å². The van der Waals surface area contributed by atoms with E-state index in [-0.39, 0.29) is 0 Å². The molecular formula is C18H35Na. The first kappa shape index (κ1) is 19.7. The number of hydrogen-bond acceptors (Lipinski definition) is 0. The summed E-state index contributed by atoms with van der Waals surface area (Å²) in [5.74, 6) is 0. The summed E-state index contributed by atoms with van der Waals surface area (Å²) in [7, 11) is 0. The van der Waals surface area contributed by atoms with Crippen molar-refractivity contribution in [2.24, 2.45) is 0 Å². The Kier molecular flexibility index (Phi) is 19.5. The molecule has 0 aliphatic carbocycles. The fourth-order valence-corrected chi connectivity index (χ4v) is 3.00. The summed E-state index contributed by atoms with van der Waals surface area (Å²) in [6.07, 6.45) is 24.8. The number of rotatable bonds is 15. The van der Waals surface area contributed by atoms with Crippen LogP contribution >= 0.6 is 0 Å².